The normalized spacial score (nSPS) is 23.4. The summed E-state index contributed by atoms with van der Waals surface area (Å²) in [5, 5.41) is 10.9. The second kappa shape index (κ2) is 6.54. The van der Waals surface area contributed by atoms with Crippen molar-refractivity contribution in [1.82, 2.24) is 4.98 Å². The molecule has 6 nitrogen and oxygen atoms in total. The molecular weight excluding hydrogens is 346 g/mol. The zero-order chi connectivity index (χ0) is 16.5. The Balaban J connectivity index is 1.55. The summed E-state index contributed by atoms with van der Waals surface area (Å²) in [6.45, 7) is 2.98. The van der Waals surface area contributed by atoms with E-state index in [9.17, 15) is 4.79 Å². The van der Waals surface area contributed by atoms with Crippen molar-refractivity contribution in [3.8, 4) is 0 Å². The Hall–Kier alpha value is -1.90. The van der Waals surface area contributed by atoms with E-state index >= 15 is 0 Å². The summed E-state index contributed by atoms with van der Waals surface area (Å²) >= 11 is 2.59. The van der Waals surface area contributed by atoms with E-state index < -0.39 is 5.92 Å². The fourth-order valence-electron chi connectivity index (χ4n) is 2.69. The highest BCUT2D eigenvalue weighted by Crippen LogP contribution is 2.41. The van der Waals surface area contributed by atoms with Crippen molar-refractivity contribution in [1.29, 1.82) is 5.41 Å². The molecule has 2 aromatic heterocycles. The van der Waals surface area contributed by atoms with Gasteiger partial charge in [0, 0.05) is 30.7 Å². The van der Waals surface area contributed by atoms with Crippen LogP contribution in [0, 0.1) is 5.41 Å². The number of nitrogens with zero attached hydrogens (tertiary/aromatic N) is 2. The van der Waals surface area contributed by atoms with Crippen molar-refractivity contribution in [2.45, 2.75) is 5.92 Å². The standard InChI is InChI=1S/C16H15N3O3S2/c17-15-13(16-18-3-8-23-16)14(20)11(24-15)9-10-1-2-12(22-10)19-4-6-21-7-5-19/h1-3,8-9,13,17H,4-7H2/b11-9-,17-15?/t13-/m1/s1. The summed E-state index contributed by atoms with van der Waals surface area (Å²) in [6, 6.07) is 3.76. The summed E-state index contributed by atoms with van der Waals surface area (Å²) in [7, 11) is 0. The van der Waals surface area contributed by atoms with Gasteiger partial charge in [0.15, 0.2) is 11.7 Å². The number of hydrogen-bond acceptors (Lipinski definition) is 8. The number of aromatic nitrogens is 1. The first kappa shape index (κ1) is 15.6. The summed E-state index contributed by atoms with van der Waals surface area (Å²) < 4.78 is 11.2. The lowest BCUT2D eigenvalue weighted by Gasteiger charge is -2.26. The highest BCUT2D eigenvalue weighted by atomic mass is 32.2. The topological polar surface area (TPSA) is 79.4 Å². The fourth-order valence-corrected chi connectivity index (χ4v) is 4.48. The van der Waals surface area contributed by atoms with E-state index in [2.05, 4.69) is 9.88 Å². The number of furan rings is 1. The van der Waals surface area contributed by atoms with Crippen molar-refractivity contribution in [2.75, 3.05) is 31.2 Å². The van der Waals surface area contributed by atoms with Crippen LogP contribution in [0.25, 0.3) is 6.08 Å². The summed E-state index contributed by atoms with van der Waals surface area (Å²) in [5.41, 5.74) is 0. The van der Waals surface area contributed by atoms with Crippen LogP contribution in [0.4, 0.5) is 5.88 Å². The largest absolute Gasteiger partial charge is 0.441 e. The predicted molar refractivity (Wildman–Crippen MR) is 94.9 cm³/mol. The molecule has 1 N–H and O–H groups in total. The molecule has 0 saturated carbocycles. The van der Waals surface area contributed by atoms with Gasteiger partial charge in [-0.3, -0.25) is 10.2 Å². The quantitative estimate of drug-likeness (QED) is 0.847. The Kier molecular flexibility index (Phi) is 4.26. The van der Waals surface area contributed by atoms with Gasteiger partial charge in [0.25, 0.3) is 0 Å². The van der Waals surface area contributed by atoms with E-state index in [1.807, 2.05) is 17.5 Å². The Morgan fingerprint density at radius 3 is 2.92 bits per heavy atom. The number of ketones is 1. The van der Waals surface area contributed by atoms with Gasteiger partial charge in [-0.1, -0.05) is 11.8 Å². The zero-order valence-electron chi connectivity index (χ0n) is 12.7. The molecule has 0 bridgehead atoms. The molecule has 8 heteroatoms. The summed E-state index contributed by atoms with van der Waals surface area (Å²) in [5.74, 6) is 0.770. The number of Topliss-reactive ketones (excluding diaryl/α,β-unsaturated/α-hetero) is 1. The molecule has 124 valence electrons. The molecule has 2 aliphatic heterocycles. The molecule has 2 saturated heterocycles. The van der Waals surface area contributed by atoms with E-state index in [1.165, 1.54) is 23.1 Å². The number of carbonyl (C=O) groups is 1. The molecule has 4 heterocycles. The maximum Gasteiger partial charge on any atom is 0.196 e. The second-order valence-corrected chi connectivity index (χ2v) is 7.43. The summed E-state index contributed by atoms with van der Waals surface area (Å²) in [6.07, 6.45) is 3.38. The number of morpholine rings is 1. The zero-order valence-corrected chi connectivity index (χ0v) is 14.4. The molecule has 0 amide bonds. The second-order valence-electron chi connectivity index (χ2n) is 5.42. The molecule has 0 aliphatic carbocycles. The number of rotatable bonds is 3. The Bertz CT molecular complexity index is 791. The van der Waals surface area contributed by atoms with Crippen LogP contribution in [0.5, 0.6) is 0 Å². The van der Waals surface area contributed by atoms with Gasteiger partial charge in [-0.2, -0.15) is 0 Å². The Morgan fingerprint density at radius 1 is 1.33 bits per heavy atom. The number of thioether (sulfide) groups is 1. The Morgan fingerprint density at radius 2 is 2.17 bits per heavy atom. The molecule has 2 aromatic rings. The number of ether oxygens (including phenoxy) is 1. The minimum absolute atomic E-state index is 0.0794. The van der Waals surface area contributed by atoms with Crippen molar-refractivity contribution in [2.24, 2.45) is 0 Å². The van der Waals surface area contributed by atoms with Crippen LogP contribution in [-0.4, -0.2) is 42.1 Å². The lowest BCUT2D eigenvalue weighted by molar-refractivity contribution is -0.114. The fraction of sp³-hybridized carbons (Fsp3) is 0.312. The average molecular weight is 361 g/mol. The van der Waals surface area contributed by atoms with Crippen LogP contribution in [0.1, 0.15) is 16.7 Å². The molecule has 2 fully saturated rings. The predicted octanol–water partition coefficient (Wildman–Crippen LogP) is 2.99. The molecule has 0 radical (unpaired) electrons. The van der Waals surface area contributed by atoms with Crippen molar-refractivity contribution < 1.29 is 13.9 Å². The molecule has 24 heavy (non-hydrogen) atoms. The van der Waals surface area contributed by atoms with Crippen molar-refractivity contribution in [3.05, 3.63) is 39.4 Å². The number of allylic oxidation sites excluding steroid dienone is 1. The number of nitrogens with one attached hydrogen (secondary N) is 1. The van der Waals surface area contributed by atoms with E-state index in [0.29, 0.717) is 33.9 Å². The SMILES string of the molecule is N=C1S/C(=C\c2ccc(N3CCOCC3)o2)C(=O)[C@H]1c1nccs1. The van der Waals surface area contributed by atoms with Crippen LogP contribution >= 0.6 is 23.1 Å². The first-order chi connectivity index (χ1) is 11.7. The van der Waals surface area contributed by atoms with Gasteiger partial charge in [-0.15, -0.1) is 11.3 Å². The lowest BCUT2D eigenvalue weighted by atomic mass is 10.1. The first-order valence-corrected chi connectivity index (χ1v) is 9.26. The van der Waals surface area contributed by atoms with Crippen molar-refractivity contribution in [3.63, 3.8) is 0 Å². The monoisotopic (exact) mass is 361 g/mol. The molecule has 0 unspecified atom stereocenters. The highest BCUT2D eigenvalue weighted by molar-refractivity contribution is 8.19. The third kappa shape index (κ3) is 2.92. The van der Waals surface area contributed by atoms with Crippen LogP contribution in [0.2, 0.25) is 0 Å². The first-order valence-electron chi connectivity index (χ1n) is 7.56. The minimum Gasteiger partial charge on any atom is -0.441 e. The molecule has 2 aliphatic rings. The number of carbonyl (C=O) groups excluding carboxylic acids is 1. The Labute approximate surface area is 147 Å². The van der Waals surface area contributed by atoms with Crippen LogP contribution in [0.15, 0.2) is 33.0 Å². The lowest BCUT2D eigenvalue weighted by Crippen LogP contribution is -2.35. The van der Waals surface area contributed by atoms with Gasteiger partial charge in [0.2, 0.25) is 0 Å². The van der Waals surface area contributed by atoms with Gasteiger partial charge < -0.3 is 14.1 Å². The maximum atomic E-state index is 12.6. The van der Waals surface area contributed by atoms with Crippen molar-refractivity contribution >= 4 is 45.9 Å². The highest BCUT2D eigenvalue weighted by Gasteiger charge is 2.38. The maximum absolute atomic E-state index is 12.6. The van der Waals surface area contributed by atoms with Gasteiger partial charge in [-0.25, -0.2) is 4.98 Å². The van der Waals surface area contributed by atoms with E-state index in [1.54, 1.807) is 12.3 Å². The molecule has 1 atom stereocenters. The summed E-state index contributed by atoms with van der Waals surface area (Å²) in [4.78, 5) is 19.4. The van der Waals surface area contributed by atoms with E-state index in [0.717, 1.165) is 19.0 Å². The smallest absolute Gasteiger partial charge is 0.196 e. The molecular formula is C16H15N3O3S2. The number of anilines is 1. The van der Waals surface area contributed by atoms with Gasteiger partial charge in [0.1, 0.15) is 16.7 Å². The van der Waals surface area contributed by atoms with E-state index in [4.69, 9.17) is 14.6 Å². The number of thiazole rings is 1. The minimum atomic E-state index is -0.560. The molecule has 0 aromatic carbocycles. The average Bonchev–Trinajstić information content (AvgIpc) is 3.31. The van der Waals surface area contributed by atoms with Crippen LogP contribution in [0.3, 0.4) is 0 Å². The van der Waals surface area contributed by atoms with Gasteiger partial charge >= 0.3 is 0 Å². The van der Waals surface area contributed by atoms with Crippen LogP contribution in [-0.2, 0) is 9.53 Å². The van der Waals surface area contributed by atoms with Gasteiger partial charge in [-0.05, 0) is 12.1 Å². The van der Waals surface area contributed by atoms with Gasteiger partial charge in [0.05, 0.1) is 23.2 Å². The van der Waals surface area contributed by atoms with Crippen LogP contribution < -0.4 is 4.90 Å². The third-order valence-corrected chi connectivity index (χ3v) is 5.73. The number of hydrogen-bond donors (Lipinski definition) is 1. The van der Waals surface area contributed by atoms with E-state index in [-0.39, 0.29) is 5.78 Å². The molecule has 4 rings (SSSR count). The molecule has 0 spiro atoms. The third-order valence-electron chi connectivity index (χ3n) is 3.89.